The summed E-state index contributed by atoms with van der Waals surface area (Å²) in [6, 6.07) is 1.22. The third-order valence-corrected chi connectivity index (χ3v) is 5.31. The molecular formula is C17H32N2O2. The summed E-state index contributed by atoms with van der Waals surface area (Å²) in [6.07, 6.45) is 8.98. The van der Waals surface area contributed by atoms with Crippen LogP contribution in [0.1, 0.15) is 58.8 Å². The highest BCUT2D eigenvalue weighted by Gasteiger charge is 2.44. The van der Waals surface area contributed by atoms with Crippen molar-refractivity contribution in [1.82, 2.24) is 10.2 Å². The molecule has 2 atom stereocenters. The maximum atomic E-state index is 6.30. The van der Waals surface area contributed by atoms with E-state index in [2.05, 4.69) is 24.1 Å². The van der Waals surface area contributed by atoms with Crippen molar-refractivity contribution >= 4 is 0 Å². The van der Waals surface area contributed by atoms with Crippen LogP contribution >= 0.6 is 0 Å². The van der Waals surface area contributed by atoms with E-state index in [0.29, 0.717) is 12.1 Å². The minimum absolute atomic E-state index is 0.212. The lowest BCUT2D eigenvalue weighted by Gasteiger charge is -2.34. The van der Waals surface area contributed by atoms with Crippen LogP contribution < -0.4 is 5.32 Å². The molecule has 2 saturated heterocycles. The van der Waals surface area contributed by atoms with Gasteiger partial charge in [0.25, 0.3) is 0 Å². The van der Waals surface area contributed by atoms with Crippen LogP contribution in [-0.2, 0) is 9.47 Å². The molecule has 4 heteroatoms. The van der Waals surface area contributed by atoms with E-state index in [1.165, 1.54) is 38.6 Å². The van der Waals surface area contributed by atoms with Gasteiger partial charge in [-0.1, -0.05) is 6.42 Å². The van der Waals surface area contributed by atoms with Gasteiger partial charge in [-0.25, -0.2) is 0 Å². The molecule has 122 valence electrons. The monoisotopic (exact) mass is 296 g/mol. The molecule has 4 nitrogen and oxygen atoms in total. The molecule has 0 amide bonds. The predicted octanol–water partition coefficient (Wildman–Crippen LogP) is 2.52. The summed E-state index contributed by atoms with van der Waals surface area (Å²) in [4.78, 5) is 2.57. The summed E-state index contributed by atoms with van der Waals surface area (Å²) < 4.78 is 12.3. The molecule has 1 aliphatic carbocycles. The van der Waals surface area contributed by atoms with Crippen LogP contribution in [0.2, 0.25) is 0 Å². The third kappa shape index (κ3) is 3.98. The normalized spacial score (nSPS) is 32.6. The Labute approximate surface area is 129 Å². The average Bonchev–Trinajstić information content (AvgIpc) is 3.10. The fourth-order valence-electron chi connectivity index (χ4n) is 4.00. The summed E-state index contributed by atoms with van der Waals surface area (Å²) in [5.41, 5.74) is 0. The van der Waals surface area contributed by atoms with Crippen molar-refractivity contribution in [2.45, 2.75) is 82.8 Å². The first-order chi connectivity index (χ1) is 10.2. The van der Waals surface area contributed by atoms with Crippen LogP contribution in [0.5, 0.6) is 0 Å². The van der Waals surface area contributed by atoms with E-state index in [1.807, 2.05) is 0 Å². The van der Waals surface area contributed by atoms with Crippen LogP contribution in [-0.4, -0.2) is 55.1 Å². The van der Waals surface area contributed by atoms with Gasteiger partial charge < -0.3 is 14.8 Å². The summed E-state index contributed by atoms with van der Waals surface area (Å²) in [5, 5.41) is 3.66. The molecule has 1 N–H and O–H groups in total. The van der Waals surface area contributed by atoms with E-state index in [0.717, 1.165) is 32.5 Å². The van der Waals surface area contributed by atoms with Crippen molar-refractivity contribution in [3.63, 3.8) is 0 Å². The maximum Gasteiger partial charge on any atom is 0.168 e. The van der Waals surface area contributed by atoms with Crippen LogP contribution in [0.3, 0.4) is 0 Å². The van der Waals surface area contributed by atoms with Crippen LogP contribution in [0.4, 0.5) is 0 Å². The second-order valence-corrected chi connectivity index (χ2v) is 7.36. The lowest BCUT2D eigenvalue weighted by atomic mass is 10.0. The quantitative estimate of drug-likeness (QED) is 0.845. The lowest BCUT2D eigenvalue weighted by Crippen LogP contribution is -2.48. The summed E-state index contributed by atoms with van der Waals surface area (Å²) in [7, 11) is 0. The molecule has 2 unspecified atom stereocenters. The molecule has 0 aromatic heterocycles. The molecule has 2 aliphatic heterocycles. The Balaban J connectivity index is 1.50. The lowest BCUT2D eigenvalue weighted by molar-refractivity contribution is -0.163. The maximum absolute atomic E-state index is 6.30. The Hall–Kier alpha value is -0.160. The Morgan fingerprint density at radius 1 is 1.14 bits per heavy atom. The highest BCUT2D eigenvalue weighted by atomic mass is 16.7. The number of nitrogens with zero attached hydrogens (tertiary/aromatic N) is 1. The van der Waals surface area contributed by atoms with E-state index in [9.17, 15) is 0 Å². The van der Waals surface area contributed by atoms with Crippen molar-refractivity contribution in [2.24, 2.45) is 0 Å². The second-order valence-electron chi connectivity index (χ2n) is 7.36. The van der Waals surface area contributed by atoms with Crippen LogP contribution in [0.15, 0.2) is 0 Å². The minimum atomic E-state index is -0.212. The number of hydrogen-bond acceptors (Lipinski definition) is 4. The van der Waals surface area contributed by atoms with Gasteiger partial charge >= 0.3 is 0 Å². The zero-order valence-electron chi connectivity index (χ0n) is 13.8. The van der Waals surface area contributed by atoms with E-state index in [4.69, 9.17) is 9.47 Å². The molecule has 2 heterocycles. The highest BCUT2D eigenvalue weighted by Crippen LogP contribution is 2.39. The van der Waals surface area contributed by atoms with Crippen molar-refractivity contribution in [2.75, 3.05) is 26.2 Å². The Morgan fingerprint density at radius 2 is 1.95 bits per heavy atom. The van der Waals surface area contributed by atoms with Crippen LogP contribution in [0, 0.1) is 0 Å². The standard InChI is InChI=1S/C17H32N2O2/c1-14(2)19(11-15-7-3-6-10-18-15)12-16-13-20-17(21-16)8-4-5-9-17/h14-16,18H,3-13H2,1-2H3. The third-order valence-electron chi connectivity index (χ3n) is 5.31. The topological polar surface area (TPSA) is 33.7 Å². The van der Waals surface area contributed by atoms with E-state index < -0.39 is 0 Å². The Kier molecular flexibility index (Phi) is 5.20. The molecule has 0 bridgehead atoms. The minimum Gasteiger partial charge on any atom is -0.347 e. The van der Waals surface area contributed by atoms with Gasteiger partial charge in [0.05, 0.1) is 12.7 Å². The molecule has 1 saturated carbocycles. The molecule has 0 aromatic rings. The van der Waals surface area contributed by atoms with Gasteiger partial charge in [-0.3, -0.25) is 4.90 Å². The predicted molar refractivity (Wildman–Crippen MR) is 84.4 cm³/mol. The van der Waals surface area contributed by atoms with Gasteiger partial charge in [0, 0.05) is 38.0 Å². The van der Waals surface area contributed by atoms with Gasteiger partial charge in [-0.2, -0.15) is 0 Å². The first kappa shape index (κ1) is 15.7. The second kappa shape index (κ2) is 6.95. The number of piperidine rings is 1. The van der Waals surface area contributed by atoms with Crippen molar-refractivity contribution in [3.8, 4) is 0 Å². The van der Waals surface area contributed by atoms with Gasteiger partial charge in [0.2, 0.25) is 0 Å². The first-order valence-electron chi connectivity index (χ1n) is 8.96. The molecule has 3 rings (SSSR count). The number of hydrogen-bond donors (Lipinski definition) is 1. The number of ether oxygens (including phenoxy) is 2. The number of rotatable bonds is 5. The zero-order chi connectivity index (χ0) is 14.7. The summed E-state index contributed by atoms with van der Waals surface area (Å²) in [5.74, 6) is -0.212. The fraction of sp³-hybridized carbons (Fsp3) is 1.00. The molecule has 3 fully saturated rings. The molecule has 1 spiro atoms. The molecule has 21 heavy (non-hydrogen) atoms. The molecular weight excluding hydrogens is 264 g/mol. The van der Waals surface area contributed by atoms with E-state index in [1.54, 1.807) is 0 Å². The summed E-state index contributed by atoms with van der Waals surface area (Å²) in [6.45, 7) is 8.71. The largest absolute Gasteiger partial charge is 0.347 e. The van der Waals surface area contributed by atoms with Gasteiger partial charge in [0.1, 0.15) is 0 Å². The number of nitrogens with one attached hydrogen (secondary N) is 1. The summed E-state index contributed by atoms with van der Waals surface area (Å²) >= 11 is 0. The smallest absolute Gasteiger partial charge is 0.168 e. The van der Waals surface area contributed by atoms with E-state index in [-0.39, 0.29) is 11.9 Å². The highest BCUT2D eigenvalue weighted by molar-refractivity contribution is 4.86. The zero-order valence-corrected chi connectivity index (χ0v) is 13.8. The van der Waals surface area contributed by atoms with Crippen LogP contribution in [0.25, 0.3) is 0 Å². The van der Waals surface area contributed by atoms with Gasteiger partial charge in [-0.15, -0.1) is 0 Å². The van der Waals surface area contributed by atoms with Gasteiger partial charge in [-0.05, 0) is 46.1 Å². The Morgan fingerprint density at radius 3 is 2.62 bits per heavy atom. The van der Waals surface area contributed by atoms with E-state index >= 15 is 0 Å². The molecule has 0 radical (unpaired) electrons. The van der Waals surface area contributed by atoms with Gasteiger partial charge in [0.15, 0.2) is 5.79 Å². The van der Waals surface area contributed by atoms with Crippen molar-refractivity contribution in [1.29, 1.82) is 0 Å². The molecule has 3 aliphatic rings. The molecule has 0 aromatic carbocycles. The average molecular weight is 296 g/mol. The first-order valence-corrected chi connectivity index (χ1v) is 8.96. The fourth-order valence-corrected chi connectivity index (χ4v) is 4.00. The van der Waals surface area contributed by atoms with Crippen molar-refractivity contribution < 1.29 is 9.47 Å². The SMILES string of the molecule is CC(C)N(CC1CCCCN1)CC1COC2(CCCC2)O1. The Bertz CT molecular complexity index is 323. The van der Waals surface area contributed by atoms with Crippen molar-refractivity contribution in [3.05, 3.63) is 0 Å².